The molecule has 0 saturated carbocycles. The normalized spacial score (nSPS) is 26.4. The third-order valence-electron chi connectivity index (χ3n) is 7.74. The molecule has 1 aromatic carbocycles. The van der Waals surface area contributed by atoms with Gasteiger partial charge in [0.25, 0.3) is 0 Å². The van der Waals surface area contributed by atoms with Gasteiger partial charge in [-0.3, -0.25) is 4.90 Å². The summed E-state index contributed by atoms with van der Waals surface area (Å²) in [5.74, 6) is 0.986. The van der Waals surface area contributed by atoms with Crippen LogP contribution >= 0.6 is 11.6 Å². The van der Waals surface area contributed by atoms with E-state index in [-0.39, 0.29) is 36.3 Å². The predicted molar refractivity (Wildman–Crippen MR) is 156 cm³/mol. The molecule has 216 valence electrons. The maximum atomic E-state index is 13.9. The van der Waals surface area contributed by atoms with Crippen LogP contribution in [-0.2, 0) is 10.0 Å². The Balaban J connectivity index is 1.38. The van der Waals surface area contributed by atoms with Crippen LogP contribution in [0.3, 0.4) is 0 Å². The number of sulfonamides is 1. The summed E-state index contributed by atoms with van der Waals surface area (Å²) in [6.07, 6.45) is 7.89. The molecule has 0 bridgehead atoms. The number of urea groups is 1. The number of hydrogen-bond donors (Lipinski definition) is 1. The predicted octanol–water partition coefficient (Wildman–Crippen LogP) is 3.33. The highest BCUT2D eigenvalue weighted by Crippen LogP contribution is 2.40. The van der Waals surface area contributed by atoms with Crippen LogP contribution in [0.15, 0.2) is 64.2 Å². The Kier molecular flexibility index (Phi) is 8.55. The standard InChI is InChI=1S/C28H37ClN6O4S/c1-20-15-23(29)7-8-25(20)35-26(22-5-4-6-24(16-22)39-27-18-30-21(2)17-31-27)19-33(28(35)36)13-14-40(37,38)34-11-9-32(3)10-12-34/h4-8,16-18,20-21,26,30H,9-15,19H2,1-3H3/t20?,21?,26-/m1/s1. The lowest BCUT2D eigenvalue weighted by atomic mass is 9.95. The van der Waals surface area contributed by atoms with Gasteiger partial charge in [0.05, 0.1) is 24.0 Å². The molecule has 1 N–H and O–H groups in total. The highest BCUT2D eigenvalue weighted by molar-refractivity contribution is 7.89. The molecule has 2 unspecified atom stereocenters. The number of carbonyl (C=O) groups excluding carboxylic acids is 1. The van der Waals surface area contributed by atoms with Gasteiger partial charge in [-0.1, -0.05) is 30.7 Å². The van der Waals surface area contributed by atoms with E-state index < -0.39 is 10.0 Å². The van der Waals surface area contributed by atoms with Crippen molar-refractivity contribution in [2.75, 3.05) is 52.1 Å². The number of amides is 2. The Bertz CT molecular complexity index is 1350. The van der Waals surface area contributed by atoms with Gasteiger partial charge < -0.3 is 19.9 Å². The summed E-state index contributed by atoms with van der Waals surface area (Å²) in [6, 6.07) is 7.25. The lowest BCUT2D eigenvalue weighted by Gasteiger charge is -2.32. The first kappa shape index (κ1) is 28.7. The van der Waals surface area contributed by atoms with Crippen LogP contribution in [0.1, 0.15) is 31.9 Å². The lowest BCUT2D eigenvalue weighted by molar-refractivity contribution is 0.194. The van der Waals surface area contributed by atoms with E-state index in [1.807, 2.05) is 57.3 Å². The Labute approximate surface area is 241 Å². The van der Waals surface area contributed by atoms with Gasteiger partial charge in [-0.05, 0) is 50.2 Å². The van der Waals surface area contributed by atoms with E-state index in [1.54, 1.807) is 26.5 Å². The quantitative estimate of drug-likeness (QED) is 0.500. The molecule has 4 aliphatic rings. The third kappa shape index (κ3) is 6.38. The second-order valence-electron chi connectivity index (χ2n) is 10.8. The number of piperazine rings is 1. The second-order valence-corrected chi connectivity index (χ2v) is 13.4. The zero-order valence-corrected chi connectivity index (χ0v) is 24.7. The number of aliphatic imine (C=N–C) groups is 1. The van der Waals surface area contributed by atoms with Crippen LogP contribution in [0.4, 0.5) is 4.79 Å². The molecule has 2 saturated heterocycles. The molecule has 0 aromatic heterocycles. The van der Waals surface area contributed by atoms with Crippen molar-refractivity contribution in [3.8, 4) is 5.75 Å². The summed E-state index contributed by atoms with van der Waals surface area (Å²) in [5.41, 5.74) is 1.76. The van der Waals surface area contributed by atoms with Crippen molar-refractivity contribution in [2.45, 2.75) is 32.4 Å². The van der Waals surface area contributed by atoms with Gasteiger partial charge in [-0.2, -0.15) is 4.31 Å². The molecule has 0 radical (unpaired) electrons. The smallest absolute Gasteiger partial charge is 0.324 e. The summed E-state index contributed by atoms with van der Waals surface area (Å²) in [4.78, 5) is 23.8. The SMILES string of the molecule is CC1C=NC(Oc2cccc([C@H]3CN(CCS(=O)(=O)N4CCN(C)CC4)C(=O)N3C3=CC=C(Cl)CC3C)c2)=CN1. The minimum absolute atomic E-state index is 0.0344. The van der Waals surface area contributed by atoms with Gasteiger partial charge in [0.2, 0.25) is 15.9 Å². The molecule has 12 heteroatoms. The maximum absolute atomic E-state index is 13.9. The Morgan fingerprint density at radius 3 is 2.62 bits per heavy atom. The summed E-state index contributed by atoms with van der Waals surface area (Å²) in [7, 11) is -1.49. The number of allylic oxidation sites excluding steroid dienone is 4. The fraction of sp³-hybridized carbons (Fsp3) is 0.500. The average Bonchev–Trinajstić information content (AvgIpc) is 3.25. The molecule has 3 aliphatic heterocycles. The van der Waals surface area contributed by atoms with Crippen LogP contribution in [0.5, 0.6) is 5.75 Å². The Morgan fingerprint density at radius 2 is 1.93 bits per heavy atom. The minimum atomic E-state index is -3.48. The maximum Gasteiger partial charge on any atom is 0.324 e. The van der Waals surface area contributed by atoms with Gasteiger partial charge in [0, 0.05) is 62.1 Å². The van der Waals surface area contributed by atoms with Crippen LogP contribution in [0.25, 0.3) is 0 Å². The molecule has 1 aromatic rings. The van der Waals surface area contributed by atoms with Crippen LogP contribution in [-0.4, -0.2) is 97.8 Å². The van der Waals surface area contributed by atoms with E-state index in [0.29, 0.717) is 50.8 Å². The van der Waals surface area contributed by atoms with Crippen LogP contribution in [0.2, 0.25) is 0 Å². The van der Waals surface area contributed by atoms with E-state index in [2.05, 4.69) is 15.2 Å². The van der Waals surface area contributed by atoms with E-state index in [4.69, 9.17) is 16.3 Å². The topological polar surface area (TPSA) is 97.8 Å². The number of carbonyl (C=O) groups is 1. The number of likely N-dealkylation sites (N-methyl/N-ethyl adjacent to an activating group) is 1. The number of halogens is 1. The minimum Gasteiger partial charge on any atom is -0.438 e. The first-order valence-electron chi connectivity index (χ1n) is 13.7. The molecule has 2 fully saturated rings. The molecule has 1 aliphatic carbocycles. The van der Waals surface area contributed by atoms with Gasteiger partial charge in [0.15, 0.2) is 0 Å². The van der Waals surface area contributed by atoms with Gasteiger partial charge in [-0.15, -0.1) is 0 Å². The monoisotopic (exact) mass is 588 g/mol. The molecule has 10 nitrogen and oxygen atoms in total. The number of hydrogen-bond acceptors (Lipinski definition) is 7. The van der Waals surface area contributed by atoms with E-state index in [9.17, 15) is 13.2 Å². The number of nitrogens with one attached hydrogen (secondary N) is 1. The van der Waals surface area contributed by atoms with E-state index in [1.165, 1.54) is 0 Å². The highest BCUT2D eigenvalue weighted by Gasteiger charge is 2.42. The number of rotatable bonds is 8. The van der Waals surface area contributed by atoms with Crippen molar-refractivity contribution in [3.05, 3.63) is 64.8 Å². The largest absolute Gasteiger partial charge is 0.438 e. The Morgan fingerprint density at radius 1 is 1.15 bits per heavy atom. The van der Waals surface area contributed by atoms with Crippen molar-refractivity contribution >= 4 is 33.9 Å². The summed E-state index contributed by atoms with van der Waals surface area (Å²) < 4.78 is 33.8. The lowest BCUT2D eigenvalue weighted by Crippen LogP contribution is -2.49. The second kappa shape index (κ2) is 11.9. The van der Waals surface area contributed by atoms with Gasteiger partial charge in [0.1, 0.15) is 5.75 Å². The average molecular weight is 589 g/mol. The molecule has 40 heavy (non-hydrogen) atoms. The molecular weight excluding hydrogens is 552 g/mol. The molecule has 3 heterocycles. The molecule has 3 atom stereocenters. The molecule has 5 rings (SSSR count). The van der Waals surface area contributed by atoms with Crippen molar-refractivity contribution < 1.29 is 17.9 Å². The highest BCUT2D eigenvalue weighted by atomic mass is 35.5. The molecule has 2 amide bonds. The number of benzene rings is 1. The fourth-order valence-electron chi connectivity index (χ4n) is 5.36. The van der Waals surface area contributed by atoms with Gasteiger partial charge >= 0.3 is 6.03 Å². The van der Waals surface area contributed by atoms with Crippen molar-refractivity contribution in [2.24, 2.45) is 10.9 Å². The summed E-state index contributed by atoms with van der Waals surface area (Å²) >= 11 is 6.30. The van der Waals surface area contributed by atoms with E-state index in [0.717, 1.165) is 16.3 Å². The fourth-order valence-corrected chi connectivity index (χ4v) is 7.08. The molecule has 0 spiro atoms. The number of ether oxygens (including phenoxy) is 1. The Hall–Kier alpha value is -2.86. The van der Waals surface area contributed by atoms with Crippen LogP contribution < -0.4 is 10.1 Å². The van der Waals surface area contributed by atoms with Crippen molar-refractivity contribution in [1.82, 2.24) is 24.3 Å². The summed E-state index contributed by atoms with van der Waals surface area (Å²) in [5, 5.41) is 3.91. The van der Waals surface area contributed by atoms with Crippen LogP contribution in [0, 0.1) is 5.92 Å². The van der Waals surface area contributed by atoms with Crippen molar-refractivity contribution in [1.29, 1.82) is 0 Å². The first-order chi connectivity index (χ1) is 19.1. The first-order valence-corrected chi connectivity index (χ1v) is 15.7. The zero-order chi connectivity index (χ0) is 28.4. The molecular formula is C28H37ClN6O4S. The van der Waals surface area contributed by atoms with Gasteiger partial charge in [-0.25, -0.2) is 18.2 Å². The zero-order valence-electron chi connectivity index (χ0n) is 23.2. The number of nitrogens with zero attached hydrogens (tertiary/aromatic N) is 5. The van der Waals surface area contributed by atoms with Crippen molar-refractivity contribution in [3.63, 3.8) is 0 Å². The third-order valence-corrected chi connectivity index (χ3v) is 9.87. The van der Waals surface area contributed by atoms with E-state index >= 15 is 0 Å². The summed E-state index contributed by atoms with van der Waals surface area (Å²) in [6.45, 7) is 6.89.